The number of benzene rings is 1. The van der Waals surface area contributed by atoms with Crippen molar-refractivity contribution in [1.29, 1.82) is 0 Å². The number of rotatable bonds is 5. The van der Waals surface area contributed by atoms with E-state index in [1.165, 1.54) is 10.5 Å². The van der Waals surface area contributed by atoms with Gasteiger partial charge in [0.2, 0.25) is 0 Å². The summed E-state index contributed by atoms with van der Waals surface area (Å²) in [5.41, 5.74) is 2.02. The second kappa shape index (κ2) is 7.41. The number of nitrogens with zero attached hydrogens (tertiary/aromatic N) is 2. The van der Waals surface area contributed by atoms with Crippen LogP contribution in [0, 0.1) is 6.92 Å². The van der Waals surface area contributed by atoms with Gasteiger partial charge < -0.3 is 4.74 Å². The normalized spacial score (nSPS) is 10.8. The maximum atomic E-state index is 6.09. The fourth-order valence-electron chi connectivity index (χ4n) is 1.59. The van der Waals surface area contributed by atoms with E-state index in [0.29, 0.717) is 27.8 Å². The van der Waals surface area contributed by atoms with Crippen molar-refractivity contribution in [3.8, 4) is 0 Å². The van der Waals surface area contributed by atoms with Crippen molar-refractivity contribution in [2.45, 2.75) is 24.2 Å². The zero-order chi connectivity index (χ0) is 14.5. The van der Waals surface area contributed by atoms with Gasteiger partial charge in [0.1, 0.15) is 11.0 Å². The minimum Gasteiger partial charge on any atom is -0.378 e. The molecule has 1 heterocycles. The minimum absolute atomic E-state index is 0.408. The summed E-state index contributed by atoms with van der Waals surface area (Å²) in [4.78, 5) is 9.93. The van der Waals surface area contributed by atoms with Crippen LogP contribution in [0.2, 0.25) is 5.15 Å². The highest BCUT2D eigenvalue weighted by molar-refractivity contribution is 9.10. The number of methoxy groups -OCH3 is 1. The first-order chi connectivity index (χ1) is 9.60. The van der Waals surface area contributed by atoms with Gasteiger partial charge in [-0.1, -0.05) is 29.3 Å². The number of thioether (sulfide) groups is 1. The minimum atomic E-state index is 0.408. The van der Waals surface area contributed by atoms with Gasteiger partial charge in [0.05, 0.1) is 22.5 Å². The van der Waals surface area contributed by atoms with Crippen LogP contribution in [0.1, 0.15) is 17.1 Å². The van der Waals surface area contributed by atoms with Crippen molar-refractivity contribution in [3.05, 3.63) is 51.0 Å². The SMILES string of the molecule is COCc1nc(CSc2ccc(C)cc2)nc(Cl)c1Br. The van der Waals surface area contributed by atoms with Gasteiger partial charge in [-0.15, -0.1) is 11.8 Å². The monoisotopic (exact) mass is 372 g/mol. The smallest absolute Gasteiger partial charge is 0.147 e. The molecule has 0 aliphatic carbocycles. The molecule has 0 amide bonds. The fraction of sp³-hybridized carbons (Fsp3) is 0.286. The molecule has 0 saturated carbocycles. The molecule has 1 aromatic carbocycles. The Balaban J connectivity index is 2.11. The van der Waals surface area contributed by atoms with Crippen LogP contribution in [-0.2, 0) is 17.1 Å². The second-order valence-electron chi connectivity index (χ2n) is 4.23. The summed E-state index contributed by atoms with van der Waals surface area (Å²) in [5, 5.41) is 0.423. The van der Waals surface area contributed by atoms with E-state index in [0.717, 1.165) is 5.69 Å². The van der Waals surface area contributed by atoms with Gasteiger partial charge in [0.25, 0.3) is 0 Å². The molecule has 0 N–H and O–H groups in total. The first kappa shape index (κ1) is 15.8. The van der Waals surface area contributed by atoms with E-state index in [4.69, 9.17) is 16.3 Å². The Morgan fingerprint density at radius 3 is 2.60 bits per heavy atom. The molecule has 0 bridgehead atoms. The van der Waals surface area contributed by atoms with Gasteiger partial charge in [-0.2, -0.15) is 0 Å². The van der Waals surface area contributed by atoms with Gasteiger partial charge in [0, 0.05) is 12.0 Å². The summed E-state index contributed by atoms with van der Waals surface area (Å²) >= 11 is 11.2. The van der Waals surface area contributed by atoms with Crippen LogP contribution >= 0.6 is 39.3 Å². The van der Waals surface area contributed by atoms with E-state index in [9.17, 15) is 0 Å². The molecule has 2 rings (SSSR count). The Morgan fingerprint density at radius 2 is 1.95 bits per heavy atom. The molecule has 0 fully saturated rings. The number of hydrogen-bond donors (Lipinski definition) is 0. The molecule has 20 heavy (non-hydrogen) atoms. The van der Waals surface area contributed by atoms with Crippen LogP contribution < -0.4 is 0 Å². The molecule has 1 aromatic heterocycles. The quantitative estimate of drug-likeness (QED) is 0.565. The number of halogens is 2. The van der Waals surface area contributed by atoms with Crippen molar-refractivity contribution >= 4 is 39.3 Å². The molecule has 2 aromatic rings. The topological polar surface area (TPSA) is 35.0 Å². The first-order valence-corrected chi connectivity index (χ1v) is 8.15. The van der Waals surface area contributed by atoms with Crippen LogP contribution in [0.4, 0.5) is 0 Å². The number of hydrogen-bond acceptors (Lipinski definition) is 4. The molecule has 0 atom stereocenters. The molecular formula is C14H14BrClN2OS. The summed E-state index contributed by atoms with van der Waals surface area (Å²) in [6, 6.07) is 8.37. The van der Waals surface area contributed by atoms with Gasteiger partial charge in [-0.05, 0) is 35.0 Å². The summed E-state index contributed by atoms with van der Waals surface area (Å²) in [6.45, 7) is 2.48. The lowest BCUT2D eigenvalue weighted by Gasteiger charge is -2.07. The predicted molar refractivity (Wildman–Crippen MR) is 86.2 cm³/mol. The zero-order valence-electron chi connectivity index (χ0n) is 11.2. The Labute approximate surface area is 136 Å². The van der Waals surface area contributed by atoms with Crippen molar-refractivity contribution in [3.63, 3.8) is 0 Å². The van der Waals surface area contributed by atoms with Crippen LogP contribution in [0.5, 0.6) is 0 Å². The number of ether oxygens (including phenoxy) is 1. The Hall–Kier alpha value is -0.620. The van der Waals surface area contributed by atoms with Crippen molar-refractivity contribution in [2.75, 3.05) is 7.11 Å². The van der Waals surface area contributed by atoms with Crippen LogP contribution in [0.25, 0.3) is 0 Å². The third-order valence-electron chi connectivity index (χ3n) is 2.60. The Bertz CT molecular complexity index is 592. The lowest BCUT2D eigenvalue weighted by Crippen LogP contribution is -2.02. The lowest BCUT2D eigenvalue weighted by molar-refractivity contribution is 0.180. The van der Waals surface area contributed by atoms with Crippen LogP contribution in [-0.4, -0.2) is 17.1 Å². The zero-order valence-corrected chi connectivity index (χ0v) is 14.3. The highest BCUT2D eigenvalue weighted by Gasteiger charge is 2.11. The standard InChI is InChI=1S/C14H14BrClN2OS/c1-9-3-5-10(6-4-9)20-8-12-17-11(7-19-2)13(15)14(16)18-12/h3-6H,7-8H2,1-2H3. The third-order valence-corrected chi connectivity index (χ3v) is 4.94. The fourth-order valence-corrected chi connectivity index (χ4v) is 2.84. The maximum Gasteiger partial charge on any atom is 0.147 e. The van der Waals surface area contributed by atoms with Gasteiger partial charge in [0.15, 0.2) is 0 Å². The molecule has 0 spiro atoms. The highest BCUT2D eigenvalue weighted by Crippen LogP contribution is 2.27. The van der Waals surface area contributed by atoms with Crippen LogP contribution in [0.15, 0.2) is 33.6 Å². The molecule has 0 saturated heterocycles. The van der Waals surface area contributed by atoms with Gasteiger partial charge >= 0.3 is 0 Å². The molecule has 0 aliphatic heterocycles. The molecule has 6 heteroatoms. The number of aryl methyl sites for hydroxylation is 1. The average molecular weight is 374 g/mol. The van der Waals surface area contributed by atoms with Crippen LogP contribution in [0.3, 0.4) is 0 Å². The Morgan fingerprint density at radius 1 is 1.25 bits per heavy atom. The van der Waals surface area contributed by atoms with Gasteiger partial charge in [-0.25, -0.2) is 9.97 Å². The van der Waals surface area contributed by atoms with E-state index in [2.05, 4.69) is 57.1 Å². The highest BCUT2D eigenvalue weighted by atomic mass is 79.9. The van der Waals surface area contributed by atoms with Crippen molar-refractivity contribution < 1.29 is 4.74 Å². The summed E-state index contributed by atoms with van der Waals surface area (Å²) < 4.78 is 5.81. The van der Waals surface area contributed by atoms with Gasteiger partial charge in [-0.3, -0.25) is 0 Å². The molecule has 0 radical (unpaired) electrons. The number of aromatic nitrogens is 2. The van der Waals surface area contributed by atoms with Crippen molar-refractivity contribution in [2.24, 2.45) is 0 Å². The third kappa shape index (κ3) is 4.19. The van der Waals surface area contributed by atoms with E-state index < -0.39 is 0 Å². The van der Waals surface area contributed by atoms with E-state index in [1.54, 1.807) is 18.9 Å². The lowest BCUT2D eigenvalue weighted by atomic mass is 10.2. The molecule has 3 nitrogen and oxygen atoms in total. The largest absolute Gasteiger partial charge is 0.378 e. The predicted octanol–water partition coefficient (Wildman–Crippen LogP) is 4.64. The average Bonchev–Trinajstić information content (AvgIpc) is 2.44. The summed E-state index contributed by atoms with van der Waals surface area (Å²) in [7, 11) is 1.63. The molecule has 106 valence electrons. The molecule has 0 unspecified atom stereocenters. The van der Waals surface area contributed by atoms with Crippen molar-refractivity contribution in [1.82, 2.24) is 9.97 Å². The summed E-state index contributed by atoms with van der Waals surface area (Å²) in [5.74, 6) is 1.38. The molecular weight excluding hydrogens is 360 g/mol. The van der Waals surface area contributed by atoms with E-state index in [-0.39, 0.29) is 0 Å². The summed E-state index contributed by atoms with van der Waals surface area (Å²) in [6.07, 6.45) is 0. The second-order valence-corrected chi connectivity index (χ2v) is 6.43. The Kier molecular flexibility index (Phi) is 5.84. The first-order valence-electron chi connectivity index (χ1n) is 5.99. The van der Waals surface area contributed by atoms with E-state index >= 15 is 0 Å². The molecule has 0 aliphatic rings. The van der Waals surface area contributed by atoms with E-state index in [1.807, 2.05) is 0 Å². The maximum absolute atomic E-state index is 6.09.